The molecule has 0 aliphatic heterocycles. The van der Waals surface area contributed by atoms with Gasteiger partial charge in [0.2, 0.25) is 0 Å². The van der Waals surface area contributed by atoms with E-state index in [0.717, 1.165) is 10.9 Å². The maximum Gasteiger partial charge on any atom is 0.141 e. The fourth-order valence-electron chi connectivity index (χ4n) is 1.72. The van der Waals surface area contributed by atoms with E-state index in [-0.39, 0.29) is 5.82 Å². The molecule has 0 aliphatic rings. The van der Waals surface area contributed by atoms with Gasteiger partial charge in [0.25, 0.3) is 0 Å². The number of halogens is 1. The first-order valence-electron chi connectivity index (χ1n) is 5.56. The molecule has 4 heteroatoms. The molecule has 0 unspecified atom stereocenters. The first-order chi connectivity index (χ1) is 8.81. The lowest BCUT2D eigenvalue weighted by molar-refractivity contribution is 0.622. The van der Waals surface area contributed by atoms with Gasteiger partial charge < -0.3 is 5.32 Å². The summed E-state index contributed by atoms with van der Waals surface area (Å²) in [6.07, 6.45) is 1.17. The molecule has 1 aromatic carbocycles. The molecular weight excluding hydrogens is 229 g/mol. The Morgan fingerprint density at radius 2 is 1.72 bits per heavy atom. The summed E-state index contributed by atoms with van der Waals surface area (Å²) in [5, 5.41) is 4.11. The monoisotopic (exact) mass is 239 g/mol. The molecule has 0 aliphatic carbocycles. The fourth-order valence-corrected chi connectivity index (χ4v) is 1.72. The second-order valence-electron chi connectivity index (χ2n) is 3.88. The van der Waals surface area contributed by atoms with Crippen molar-refractivity contribution in [1.29, 1.82) is 0 Å². The molecule has 0 bridgehead atoms. The second kappa shape index (κ2) is 4.41. The Kier molecular flexibility index (Phi) is 2.61. The van der Waals surface area contributed by atoms with Gasteiger partial charge >= 0.3 is 0 Å². The smallest absolute Gasteiger partial charge is 0.141 e. The predicted molar refractivity (Wildman–Crippen MR) is 69.2 cm³/mol. The van der Waals surface area contributed by atoms with E-state index in [1.165, 1.54) is 12.3 Å². The van der Waals surface area contributed by atoms with Gasteiger partial charge in [0.1, 0.15) is 17.5 Å². The topological polar surface area (TPSA) is 37.8 Å². The summed E-state index contributed by atoms with van der Waals surface area (Å²) < 4.78 is 12.7. The van der Waals surface area contributed by atoms with Gasteiger partial charge in [-0.05, 0) is 30.3 Å². The van der Waals surface area contributed by atoms with E-state index < -0.39 is 0 Å². The molecule has 0 atom stereocenters. The Labute approximate surface area is 103 Å². The molecule has 0 amide bonds. The Morgan fingerprint density at radius 1 is 0.889 bits per heavy atom. The van der Waals surface area contributed by atoms with Gasteiger partial charge in [-0.15, -0.1) is 0 Å². The third-order valence-electron chi connectivity index (χ3n) is 2.58. The van der Waals surface area contributed by atoms with Gasteiger partial charge in [-0.3, -0.25) is 0 Å². The number of nitrogens with one attached hydrogen (secondary N) is 1. The molecule has 0 saturated carbocycles. The maximum atomic E-state index is 12.7. The predicted octanol–water partition coefficient (Wildman–Crippen LogP) is 3.51. The van der Waals surface area contributed by atoms with Gasteiger partial charge in [-0.1, -0.05) is 18.2 Å². The molecule has 18 heavy (non-hydrogen) atoms. The molecule has 3 nitrogen and oxygen atoms in total. The number of rotatable bonds is 2. The van der Waals surface area contributed by atoms with Crippen LogP contribution in [-0.4, -0.2) is 9.97 Å². The lowest BCUT2D eigenvalue weighted by Crippen LogP contribution is -1.96. The van der Waals surface area contributed by atoms with Gasteiger partial charge in [-0.25, -0.2) is 14.4 Å². The number of anilines is 2. The van der Waals surface area contributed by atoms with Crippen molar-refractivity contribution in [2.45, 2.75) is 0 Å². The molecule has 0 saturated heterocycles. The van der Waals surface area contributed by atoms with Crippen molar-refractivity contribution in [3.05, 3.63) is 60.5 Å². The SMILES string of the molecule is Fc1ccc(Nc2ccc3ccccc3n2)nc1. The van der Waals surface area contributed by atoms with Crippen LogP contribution in [0, 0.1) is 5.82 Å². The van der Waals surface area contributed by atoms with Crippen LogP contribution in [0.25, 0.3) is 10.9 Å². The van der Waals surface area contributed by atoms with Crippen molar-refractivity contribution >= 4 is 22.5 Å². The Bertz CT molecular complexity index is 680. The minimum atomic E-state index is -0.355. The lowest BCUT2D eigenvalue weighted by atomic mass is 10.2. The lowest BCUT2D eigenvalue weighted by Gasteiger charge is -2.05. The van der Waals surface area contributed by atoms with E-state index in [4.69, 9.17) is 0 Å². The highest BCUT2D eigenvalue weighted by Gasteiger charge is 1.99. The third-order valence-corrected chi connectivity index (χ3v) is 2.58. The van der Waals surface area contributed by atoms with Crippen LogP contribution in [0.1, 0.15) is 0 Å². The summed E-state index contributed by atoms with van der Waals surface area (Å²) in [5.74, 6) is 0.902. The Hall–Kier alpha value is -2.49. The molecule has 3 aromatic rings. The van der Waals surface area contributed by atoms with Crippen molar-refractivity contribution in [2.75, 3.05) is 5.32 Å². The van der Waals surface area contributed by atoms with Crippen LogP contribution in [0.15, 0.2) is 54.7 Å². The van der Waals surface area contributed by atoms with Crippen molar-refractivity contribution in [2.24, 2.45) is 0 Å². The van der Waals surface area contributed by atoms with E-state index >= 15 is 0 Å². The van der Waals surface area contributed by atoms with E-state index in [0.29, 0.717) is 11.6 Å². The van der Waals surface area contributed by atoms with E-state index in [1.807, 2.05) is 36.4 Å². The van der Waals surface area contributed by atoms with Crippen molar-refractivity contribution in [3.8, 4) is 0 Å². The Balaban J connectivity index is 1.92. The summed E-state index contributed by atoms with van der Waals surface area (Å²) >= 11 is 0. The highest BCUT2D eigenvalue weighted by Crippen LogP contribution is 2.17. The number of aromatic nitrogens is 2. The average molecular weight is 239 g/mol. The van der Waals surface area contributed by atoms with Crippen LogP contribution in [0.4, 0.5) is 16.0 Å². The normalized spacial score (nSPS) is 10.5. The van der Waals surface area contributed by atoms with E-state index in [1.54, 1.807) is 6.07 Å². The molecular formula is C14H10FN3. The van der Waals surface area contributed by atoms with Crippen LogP contribution in [-0.2, 0) is 0 Å². The summed E-state index contributed by atoms with van der Waals surface area (Å²) in [6, 6.07) is 14.6. The van der Waals surface area contributed by atoms with Crippen LogP contribution < -0.4 is 5.32 Å². The van der Waals surface area contributed by atoms with Gasteiger partial charge in [-0.2, -0.15) is 0 Å². The summed E-state index contributed by atoms with van der Waals surface area (Å²) in [5.41, 5.74) is 0.907. The zero-order chi connectivity index (χ0) is 12.4. The quantitative estimate of drug-likeness (QED) is 0.743. The van der Waals surface area contributed by atoms with Crippen LogP contribution in [0.2, 0.25) is 0 Å². The zero-order valence-electron chi connectivity index (χ0n) is 9.47. The maximum absolute atomic E-state index is 12.7. The van der Waals surface area contributed by atoms with Crippen LogP contribution >= 0.6 is 0 Å². The molecule has 1 N–H and O–H groups in total. The highest BCUT2D eigenvalue weighted by atomic mass is 19.1. The largest absolute Gasteiger partial charge is 0.325 e. The zero-order valence-corrected chi connectivity index (χ0v) is 9.47. The number of pyridine rings is 2. The van der Waals surface area contributed by atoms with Crippen molar-refractivity contribution in [3.63, 3.8) is 0 Å². The summed E-state index contributed by atoms with van der Waals surface area (Å²) in [4.78, 5) is 8.38. The molecule has 88 valence electrons. The molecule has 2 aromatic heterocycles. The Morgan fingerprint density at radius 3 is 2.56 bits per heavy atom. The van der Waals surface area contributed by atoms with Crippen LogP contribution in [0.5, 0.6) is 0 Å². The first-order valence-corrected chi connectivity index (χ1v) is 5.56. The van der Waals surface area contributed by atoms with Crippen molar-refractivity contribution in [1.82, 2.24) is 9.97 Å². The van der Waals surface area contributed by atoms with Gasteiger partial charge in [0.15, 0.2) is 0 Å². The van der Waals surface area contributed by atoms with Gasteiger partial charge in [0.05, 0.1) is 11.7 Å². The van der Waals surface area contributed by atoms with E-state index in [2.05, 4.69) is 15.3 Å². The number of para-hydroxylation sites is 1. The minimum absolute atomic E-state index is 0.355. The first kappa shape index (κ1) is 10.7. The molecule has 2 heterocycles. The van der Waals surface area contributed by atoms with Crippen LogP contribution in [0.3, 0.4) is 0 Å². The number of hydrogen-bond acceptors (Lipinski definition) is 3. The standard InChI is InChI=1S/C14H10FN3/c15-11-6-8-13(16-9-11)18-14-7-5-10-3-1-2-4-12(10)17-14/h1-9H,(H,16,17,18). The average Bonchev–Trinajstić information content (AvgIpc) is 2.41. The molecule has 0 spiro atoms. The summed E-state index contributed by atoms with van der Waals surface area (Å²) in [6.45, 7) is 0. The molecule has 0 fully saturated rings. The fraction of sp³-hybridized carbons (Fsp3) is 0. The van der Waals surface area contributed by atoms with Crippen molar-refractivity contribution < 1.29 is 4.39 Å². The van der Waals surface area contributed by atoms with E-state index in [9.17, 15) is 4.39 Å². The third kappa shape index (κ3) is 2.13. The molecule has 3 rings (SSSR count). The highest BCUT2D eigenvalue weighted by molar-refractivity contribution is 5.80. The van der Waals surface area contributed by atoms with Gasteiger partial charge in [0, 0.05) is 5.39 Å². The molecule has 0 radical (unpaired) electrons. The number of benzene rings is 1. The summed E-state index contributed by atoms with van der Waals surface area (Å²) in [7, 11) is 0. The number of hydrogen-bond donors (Lipinski definition) is 1. The number of fused-ring (bicyclic) bond motifs is 1. The number of nitrogens with zero attached hydrogens (tertiary/aromatic N) is 2. The second-order valence-corrected chi connectivity index (χ2v) is 3.88. The minimum Gasteiger partial charge on any atom is -0.325 e.